The van der Waals surface area contributed by atoms with Crippen LogP contribution in [0.3, 0.4) is 0 Å². The molecule has 1 heterocycles. The molecule has 1 amide bonds. The number of hydrogen-bond donors (Lipinski definition) is 1. The molecule has 0 fully saturated rings. The van der Waals surface area contributed by atoms with E-state index in [1.54, 1.807) is 35.9 Å². The highest BCUT2D eigenvalue weighted by atomic mass is 35.5. The molecule has 0 aliphatic rings. The van der Waals surface area contributed by atoms with Gasteiger partial charge in [0, 0.05) is 13.1 Å². The summed E-state index contributed by atoms with van der Waals surface area (Å²) < 4.78 is 1.56. The van der Waals surface area contributed by atoms with E-state index in [1.165, 1.54) is 12.3 Å². The van der Waals surface area contributed by atoms with Gasteiger partial charge in [-0.15, -0.1) is 0 Å². The van der Waals surface area contributed by atoms with Crippen molar-refractivity contribution < 1.29 is 4.79 Å². The van der Waals surface area contributed by atoms with Crippen LogP contribution in [0.1, 0.15) is 5.82 Å². The predicted octanol–water partition coefficient (Wildman–Crippen LogP) is 3.27. The molecule has 0 aliphatic carbocycles. The summed E-state index contributed by atoms with van der Waals surface area (Å²) in [4.78, 5) is 16.1. The zero-order valence-electron chi connectivity index (χ0n) is 11.0. The van der Waals surface area contributed by atoms with E-state index in [-0.39, 0.29) is 5.57 Å². The Hall–Kier alpha value is -2.29. The van der Waals surface area contributed by atoms with Crippen LogP contribution in [0.4, 0.5) is 5.69 Å². The molecule has 0 aliphatic heterocycles. The van der Waals surface area contributed by atoms with Crippen LogP contribution in [0, 0.1) is 11.3 Å². The first kappa shape index (κ1) is 15.1. The summed E-state index contributed by atoms with van der Waals surface area (Å²) in [6.07, 6.45) is 2.80. The van der Waals surface area contributed by atoms with Gasteiger partial charge in [0.2, 0.25) is 0 Å². The smallest absolute Gasteiger partial charge is 0.266 e. The number of rotatable bonds is 3. The van der Waals surface area contributed by atoms with E-state index in [1.807, 2.05) is 6.07 Å². The summed E-state index contributed by atoms with van der Waals surface area (Å²) in [6.45, 7) is 0. The topological polar surface area (TPSA) is 70.7 Å². The molecule has 0 atom stereocenters. The van der Waals surface area contributed by atoms with Gasteiger partial charge in [0.05, 0.1) is 16.9 Å². The van der Waals surface area contributed by atoms with Crippen molar-refractivity contribution in [2.45, 2.75) is 0 Å². The van der Waals surface area contributed by atoms with E-state index < -0.39 is 5.91 Å². The number of aromatic nitrogens is 2. The minimum Gasteiger partial charge on any atom is -0.320 e. The highest BCUT2D eigenvalue weighted by molar-refractivity contribution is 6.34. The molecular formula is C14H10Cl2N4O. The van der Waals surface area contributed by atoms with Crippen molar-refractivity contribution in [2.75, 3.05) is 5.32 Å². The van der Waals surface area contributed by atoms with Crippen LogP contribution in [0.2, 0.25) is 10.2 Å². The lowest BCUT2D eigenvalue weighted by Crippen LogP contribution is -2.14. The maximum Gasteiger partial charge on any atom is 0.266 e. The molecule has 0 radical (unpaired) electrons. The van der Waals surface area contributed by atoms with E-state index in [2.05, 4.69) is 10.3 Å². The number of imidazole rings is 1. The Morgan fingerprint density at radius 2 is 2.14 bits per heavy atom. The largest absolute Gasteiger partial charge is 0.320 e. The molecule has 21 heavy (non-hydrogen) atoms. The highest BCUT2D eigenvalue weighted by Crippen LogP contribution is 2.21. The summed E-state index contributed by atoms with van der Waals surface area (Å²) in [6, 6.07) is 8.60. The second-order valence-electron chi connectivity index (χ2n) is 4.10. The highest BCUT2D eigenvalue weighted by Gasteiger charge is 2.13. The fourth-order valence-corrected chi connectivity index (χ4v) is 1.88. The van der Waals surface area contributed by atoms with Crippen LogP contribution in [0.25, 0.3) is 6.08 Å². The molecule has 0 spiro atoms. The average molecular weight is 321 g/mol. The molecule has 1 aromatic carbocycles. The number of carbonyl (C=O) groups excluding carboxylic acids is 1. The lowest BCUT2D eigenvalue weighted by molar-refractivity contribution is -0.112. The van der Waals surface area contributed by atoms with E-state index in [0.717, 1.165) is 0 Å². The molecule has 2 rings (SSSR count). The van der Waals surface area contributed by atoms with Crippen LogP contribution in [0.5, 0.6) is 0 Å². The van der Waals surface area contributed by atoms with Crippen LogP contribution < -0.4 is 5.32 Å². The molecule has 1 aromatic heterocycles. The second kappa shape index (κ2) is 6.44. The Kier molecular flexibility index (Phi) is 4.63. The molecule has 2 aromatic rings. The fraction of sp³-hybridized carbons (Fsp3) is 0.0714. The van der Waals surface area contributed by atoms with Crippen LogP contribution in [0.15, 0.2) is 36.0 Å². The molecular weight excluding hydrogens is 311 g/mol. The number of nitriles is 1. The maximum absolute atomic E-state index is 12.1. The Balaban J connectivity index is 2.26. The number of amides is 1. The first-order chi connectivity index (χ1) is 10.0. The minimum absolute atomic E-state index is 0.0970. The van der Waals surface area contributed by atoms with Gasteiger partial charge in [-0.2, -0.15) is 5.26 Å². The number of anilines is 1. The van der Waals surface area contributed by atoms with Gasteiger partial charge in [0.25, 0.3) is 5.91 Å². The minimum atomic E-state index is -0.565. The summed E-state index contributed by atoms with van der Waals surface area (Å²) in [5.74, 6) is -0.157. The lowest BCUT2D eigenvalue weighted by Gasteiger charge is -2.06. The molecule has 0 unspecified atom stereocenters. The molecule has 5 nitrogen and oxygen atoms in total. The predicted molar refractivity (Wildman–Crippen MR) is 81.9 cm³/mol. The third-order valence-corrected chi connectivity index (χ3v) is 3.41. The number of para-hydroxylation sites is 1. The van der Waals surface area contributed by atoms with E-state index in [4.69, 9.17) is 28.5 Å². The SMILES string of the molecule is Cn1c(Cl)cnc1/C=C(\C#N)C(=O)Nc1ccccc1Cl. The number of benzene rings is 1. The maximum atomic E-state index is 12.1. The van der Waals surface area contributed by atoms with Crippen molar-refractivity contribution in [1.82, 2.24) is 9.55 Å². The summed E-state index contributed by atoms with van der Waals surface area (Å²) in [5.41, 5.74) is 0.337. The molecule has 0 bridgehead atoms. The number of carbonyl (C=O) groups is 1. The van der Waals surface area contributed by atoms with Crippen LogP contribution in [-0.4, -0.2) is 15.5 Å². The Bertz CT molecular complexity index is 759. The third kappa shape index (κ3) is 3.43. The van der Waals surface area contributed by atoms with Crippen molar-refractivity contribution >= 4 is 40.9 Å². The molecule has 0 saturated heterocycles. The average Bonchev–Trinajstić information content (AvgIpc) is 2.78. The normalized spacial score (nSPS) is 11.0. The van der Waals surface area contributed by atoms with Gasteiger partial charge in [0.15, 0.2) is 0 Å². The van der Waals surface area contributed by atoms with Gasteiger partial charge in [-0.25, -0.2) is 4.98 Å². The Morgan fingerprint density at radius 3 is 2.71 bits per heavy atom. The zero-order chi connectivity index (χ0) is 15.4. The van der Waals surface area contributed by atoms with Gasteiger partial charge < -0.3 is 9.88 Å². The molecule has 0 saturated carbocycles. The molecule has 7 heteroatoms. The second-order valence-corrected chi connectivity index (χ2v) is 4.90. The zero-order valence-corrected chi connectivity index (χ0v) is 12.5. The Labute approximate surface area is 131 Å². The number of nitrogens with one attached hydrogen (secondary N) is 1. The van der Waals surface area contributed by atoms with E-state index >= 15 is 0 Å². The van der Waals surface area contributed by atoms with Crippen molar-refractivity contribution in [3.05, 3.63) is 52.0 Å². The number of halogens is 2. The number of nitrogens with zero attached hydrogens (tertiary/aromatic N) is 3. The van der Waals surface area contributed by atoms with Gasteiger partial charge in [-0.1, -0.05) is 35.3 Å². The van der Waals surface area contributed by atoms with Gasteiger partial charge in [-0.05, 0) is 12.1 Å². The monoisotopic (exact) mass is 320 g/mol. The van der Waals surface area contributed by atoms with Crippen molar-refractivity contribution in [2.24, 2.45) is 7.05 Å². The number of hydrogen-bond acceptors (Lipinski definition) is 3. The quantitative estimate of drug-likeness (QED) is 0.697. The van der Waals surface area contributed by atoms with E-state index in [0.29, 0.717) is 21.7 Å². The Morgan fingerprint density at radius 1 is 1.43 bits per heavy atom. The summed E-state index contributed by atoms with van der Waals surface area (Å²) in [5, 5.41) is 12.5. The van der Waals surface area contributed by atoms with Gasteiger partial charge in [-0.3, -0.25) is 4.79 Å². The van der Waals surface area contributed by atoms with E-state index in [9.17, 15) is 4.79 Å². The van der Waals surface area contributed by atoms with Gasteiger partial charge >= 0.3 is 0 Å². The fourth-order valence-electron chi connectivity index (χ4n) is 1.57. The first-order valence-corrected chi connectivity index (χ1v) is 6.63. The lowest BCUT2D eigenvalue weighted by atomic mass is 10.2. The van der Waals surface area contributed by atoms with Crippen molar-refractivity contribution in [1.29, 1.82) is 5.26 Å². The molecule has 106 valence electrons. The third-order valence-electron chi connectivity index (χ3n) is 2.73. The van der Waals surface area contributed by atoms with Crippen LogP contribution in [-0.2, 0) is 11.8 Å². The van der Waals surface area contributed by atoms with Crippen molar-refractivity contribution in [3.8, 4) is 6.07 Å². The standard InChI is InChI=1S/C14H10Cl2N4O/c1-20-12(16)8-18-13(20)6-9(7-17)14(21)19-11-5-3-2-4-10(11)15/h2-6,8H,1H3,(H,19,21)/b9-6+. The first-order valence-electron chi connectivity index (χ1n) is 5.88. The summed E-state index contributed by atoms with van der Waals surface area (Å²) >= 11 is 11.8. The molecule has 1 N–H and O–H groups in total. The van der Waals surface area contributed by atoms with Crippen molar-refractivity contribution in [3.63, 3.8) is 0 Å². The summed E-state index contributed by atoms with van der Waals surface area (Å²) in [7, 11) is 1.68. The van der Waals surface area contributed by atoms with Crippen LogP contribution >= 0.6 is 23.2 Å². The van der Waals surface area contributed by atoms with Gasteiger partial charge in [0.1, 0.15) is 22.6 Å².